The van der Waals surface area contributed by atoms with Crippen LogP contribution in [0.5, 0.6) is 0 Å². The zero-order valence-electron chi connectivity index (χ0n) is 31.5. The van der Waals surface area contributed by atoms with Gasteiger partial charge in [0.15, 0.2) is 5.78 Å². The maximum absolute atomic E-state index is 14.4. The predicted molar refractivity (Wildman–Crippen MR) is 207 cm³/mol. The fraction of sp³-hybridized carbons (Fsp3) is 0.459. The maximum atomic E-state index is 14.4. The van der Waals surface area contributed by atoms with Crippen molar-refractivity contribution >= 4 is 64.0 Å². The lowest BCUT2D eigenvalue weighted by molar-refractivity contribution is -0.141. The number of aromatic nitrogens is 5. The summed E-state index contributed by atoms with van der Waals surface area (Å²) in [6, 6.07) is 8.38. The van der Waals surface area contributed by atoms with E-state index in [0.29, 0.717) is 38.9 Å². The molecule has 4 atom stereocenters. The predicted octanol–water partition coefficient (Wildman–Crippen LogP) is 4.75. The van der Waals surface area contributed by atoms with Crippen LogP contribution >= 0.6 is 23.8 Å². The van der Waals surface area contributed by atoms with Crippen molar-refractivity contribution in [3.05, 3.63) is 64.4 Å². The van der Waals surface area contributed by atoms with E-state index >= 15 is 0 Å². The zero-order valence-corrected chi connectivity index (χ0v) is 34.0. The molecular formula is C37H44BrN8O9P. The molecular weight excluding hydrogens is 811 g/mol. The van der Waals surface area contributed by atoms with E-state index in [1.54, 1.807) is 35.5 Å². The quantitative estimate of drug-likeness (QED) is 0.0534. The lowest BCUT2D eigenvalue weighted by atomic mass is 10.0. The molecule has 0 radical (unpaired) electrons. The number of aryl methyl sites for hydroxylation is 1. The third-order valence-electron chi connectivity index (χ3n) is 10.1. The van der Waals surface area contributed by atoms with E-state index in [0.717, 1.165) is 31.2 Å². The number of piperidine rings is 1. The molecule has 1 aliphatic heterocycles. The molecule has 1 saturated heterocycles. The SMILES string of the molecule is CCCC[C@@]12C[C@@H]1C[C@@H](C(=O)Nc1nc(Br)ccc1C)N2C(=O)Cn1nc(C(C)=O)c2cc(-c3cnc(CNC(=O)COP(=O)(O)OCCOC)nc3)ccc21. The summed E-state index contributed by atoms with van der Waals surface area (Å²) < 4.78 is 28.1. The van der Waals surface area contributed by atoms with Crippen molar-refractivity contribution in [2.75, 3.05) is 32.2 Å². The van der Waals surface area contributed by atoms with Crippen LogP contribution in [0, 0.1) is 12.8 Å². The number of nitrogens with one attached hydrogen (secondary N) is 2. The van der Waals surface area contributed by atoms with E-state index in [9.17, 15) is 28.6 Å². The number of Topliss-reactive ketones (excluding diaryl/α,β-unsaturated/α-hetero) is 1. The third kappa shape index (κ3) is 9.22. The number of rotatable bonds is 18. The van der Waals surface area contributed by atoms with Gasteiger partial charge in [-0.05, 0) is 77.4 Å². The first-order valence-electron chi connectivity index (χ1n) is 18.2. The van der Waals surface area contributed by atoms with E-state index in [4.69, 9.17) is 4.74 Å². The number of ether oxygens (including phenoxy) is 1. The molecule has 4 aromatic rings. The van der Waals surface area contributed by atoms with Gasteiger partial charge < -0.3 is 25.2 Å². The van der Waals surface area contributed by atoms with Gasteiger partial charge in [0.2, 0.25) is 17.7 Å². The second kappa shape index (κ2) is 17.4. The Morgan fingerprint density at radius 3 is 2.57 bits per heavy atom. The number of phosphoric acid groups is 1. The third-order valence-corrected chi connectivity index (χ3v) is 11.5. The number of methoxy groups -OCH3 is 1. The van der Waals surface area contributed by atoms with E-state index in [-0.39, 0.29) is 66.9 Å². The summed E-state index contributed by atoms with van der Waals surface area (Å²) in [6.07, 6.45) is 7.23. The average molecular weight is 856 g/mol. The Labute approximate surface area is 331 Å². The topological polar surface area (TPSA) is 217 Å². The minimum Gasteiger partial charge on any atom is -0.382 e. The summed E-state index contributed by atoms with van der Waals surface area (Å²) in [4.78, 5) is 77.7. The van der Waals surface area contributed by atoms with Crippen LogP contribution in [0.15, 0.2) is 47.3 Å². The standard InChI is InChI=1S/C37H44BrN8O9P/c1-5-6-11-37-16-26(37)15-29(36(50)43-35-22(2)7-10-30(38)42-35)46(37)33(49)20-45-28-9-8-24(14-27(28)34(44-45)23(3)47)25-17-39-31(40-18-25)19-41-32(48)21-55-56(51,52)54-13-12-53-4/h7-10,14,17-18,26,29H,5-6,11-13,15-16,19-21H2,1-4H3,(H,41,48)(H,51,52)(H,42,43,50)/t26-,29-,37+/m0/s1. The van der Waals surface area contributed by atoms with Crippen LogP contribution in [0.4, 0.5) is 5.82 Å². The first-order valence-corrected chi connectivity index (χ1v) is 20.5. The number of likely N-dealkylation sites (tertiary alicyclic amines) is 1. The molecule has 4 heterocycles. The molecule has 3 amide bonds. The summed E-state index contributed by atoms with van der Waals surface area (Å²) in [7, 11) is -3.01. The molecule has 0 bridgehead atoms. The van der Waals surface area contributed by atoms with Crippen molar-refractivity contribution in [3.63, 3.8) is 0 Å². The molecule has 298 valence electrons. The number of phosphoric ester groups is 1. The fourth-order valence-corrected chi connectivity index (χ4v) is 8.19. The highest BCUT2D eigenvalue weighted by atomic mass is 79.9. The first kappa shape index (κ1) is 41.2. The number of amides is 3. The van der Waals surface area contributed by atoms with Crippen LogP contribution in [0.1, 0.15) is 67.8 Å². The molecule has 3 aromatic heterocycles. The van der Waals surface area contributed by atoms with Crippen LogP contribution in [-0.4, -0.2) is 96.5 Å². The van der Waals surface area contributed by atoms with Crippen molar-refractivity contribution in [3.8, 4) is 11.1 Å². The Morgan fingerprint density at radius 1 is 1.09 bits per heavy atom. The molecule has 17 nitrogen and oxygen atoms in total. The number of ketones is 1. The summed E-state index contributed by atoms with van der Waals surface area (Å²) >= 11 is 3.37. The van der Waals surface area contributed by atoms with Crippen molar-refractivity contribution in [1.29, 1.82) is 0 Å². The number of pyridine rings is 1. The number of unbranched alkanes of at least 4 members (excludes halogenated alkanes) is 1. The lowest BCUT2D eigenvalue weighted by Crippen LogP contribution is -2.51. The van der Waals surface area contributed by atoms with Gasteiger partial charge in [-0.2, -0.15) is 5.10 Å². The van der Waals surface area contributed by atoms with Crippen LogP contribution in [0.3, 0.4) is 0 Å². The van der Waals surface area contributed by atoms with E-state index in [1.807, 2.05) is 19.1 Å². The first-order chi connectivity index (χ1) is 26.7. The Hall–Kier alpha value is -4.45. The molecule has 0 spiro atoms. The largest absolute Gasteiger partial charge is 0.472 e. The second-order valence-corrected chi connectivity index (χ2v) is 16.2. The van der Waals surface area contributed by atoms with Crippen molar-refractivity contribution in [1.82, 2.24) is 34.9 Å². The number of benzene rings is 1. The number of nitrogens with zero attached hydrogens (tertiary/aromatic N) is 6. The van der Waals surface area contributed by atoms with Gasteiger partial charge in [-0.1, -0.05) is 31.9 Å². The van der Waals surface area contributed by atoms with Crippen LogP contribution in [0.25, 0.3) is 22.0 Å². The maximum Gasteiger partial charge on any atom is 0.472 e. The monoisotopic (exact) mass is 854 g/mol. The number of hydrogen-bond acceptors (Lipinski definition) is 12. The number of halogens is 1. The highest BCUT2D eigenvalue weighted by Gasteiger charge is 2.67. The van der Waals surface area contributed by atoms with Gasteiger partial charge in [0.05, 0.1) is 25.3 Å². The Kier molecular flexibility index (Phi) is 12.8. The number of hydrogen-bond donors (Lipinski definition) is 3. The normalized spacial score (nSPS) is 19.7. The molecule has 19 heteroatoms. The van der Waals surface area contributed by atoms with Gasteiger partial charge in [0.1, 0.15) is 41.1 Å². The summed E-state index contributed by atoms with van der Waals surface area (Å²) in [5, 5.41) is 10.6. The lowest BCUT2D eigenvalue weighted by Gasteiger charge is -2.34. The Balaban J connectivity index is 1.16. The Morgan fingerprint density at radius 2 is 1.86 bits per heavy atom. The van der Waals surface area contributed by atoms with Gasteiger partial charge in [0.25, 0.3) is 0 Å². The average Bonchev–Trinajstić information content (AvgIpc) is 3.58. The minimum atomic E-state index is -4.41. The van der Waals surface area contributed by atoms with Crippen LogP contribution in [0.2, 0.25) is 0 Å². The van der Waals surface area contributed by atoms with Gasteiger partial charge in [-0.15, -0.1) is 0 Å². The fourth-order valence-electron chi connectivity index (χ4n) is 7.22. The van der Waals surface area contributed by atoms with Crippen molar-refractivity contribution in [2.45, 2.75) is 77.5 Å². The van der Waals surface area contributed by atoms with Gasteiger partial charge in [0, 0.05) is 42.9 Å². The number of carbonyl (C=O) groups is 4. The molecule has 2 aliphatic rings. The number of carbonyl (C=O) groups excluding carboxylic acids is 4. The summed E-state index contributed by atoms with van der Waals surface area (Å²) in [6.45, 7) is 4.35. The van der Waals surface area contributed by atoms with E-state index in [2.05, 4.69) is 62.6 Å². The molecule has 6 rings (SSSR count). The van der Waals surface area contributed by atoms with E-state index in [1.165, 1.54) is 18.7 Å². The highest BCUT2D eigenvalue weighted by Crippen LogP contribution is 2.61. The second-order valence-electron chi connectivity index (χ2n) is 13.9. The summed E-state index contributed by atoms with van der Waals surface area (Å²) in [5.41, 5.74) is 2.51. The summed E-state index contributed by atoms with van der Waals surface area (Å²) in [5.74, 6) is -0.537. The van der Waals surface area contributed by atoms with Crippen molar-refractivity contribution < 1.29 is 42.4 Å². The smallest absolute Gasteiger partial charge is 0.382 e. The van der Waals surface area contributed by atoms with Crippen LogP contribution in [-0.2, 0) is 45.8 Å². The molecule has 1 aliphatic carbocycles. The molecule has 1 aromatic carbocycles. The van der Waals surface area contributed by atoms with Crippen LogP contribution < -0.4 is 10.6 Å². The molecule has 2 fully saturated rings. The minimum absolute atomic E-state index is 0.0718. The molecule has 1 unspecified atom stereocenters. The van der Waals surface area contributed by atoms with Crippen molar-refractivity contribution in [2.24, 2.45) is 5.92 Å². The van der Waals surface area contributed by atoms with Gasteiger partial charge >= 0.3 is 7.82 Å². The number of anilines is 1. The molecule has 1 saturated carbocycles. The van der Waals surface area contributed by atoms with Gasteiger partial charge in [-0.25, -0.2) is 19.5 Å². The Bertz CT molecular complexity index is 2180. The molecule has 3 N–H and O–H groups in total. The van der Waals surface area contributed by atoms with Gasteiger partial charge in [-0.3, -0.25) is 32.9 Å². The highest BCUT2D eigenvalue weighted by molar-refractivity contribution is 9.10. The van der Waals surface area contributed by atoms with E-state index < -0.39 is 26.4 Å². The number of fused-ring (bicyclic) bond motifs is 2. The zero-order chi connectivity index (χ0) is 40.2. The molecule has 56 heavy (non-hydrogen) atoms.